The third kappa shape index (κ3) is 2.84. The Kier molecular flexibility index (Phi) is 2.90. The Morgan fingerprint density at radius 2 is 2.21 bits per heavy atom. The van der Waals surface area contributed by atoms with Gasteiger partial charge >= 0.3 is 12.1 Å². The van der Waals surface area contributed by atoms with Gasteiger partial charge in [0.1, 0.15) is 5.01 Å². The van der Waals surface area contributed by atoms with Crippen LogP contribution in [0.2, 0.25) is 0 Å². The van der Waals surface area contributed by atoms with E-state index < -0.39 is 17.8 Å². The average Bonchev–Trinajstić information content (AvgIpc) is 2.47. The van der Waals surface area contributed by atoms with Gasteiger partial charge in [0.2, 0.25) is 0 Å². The first-order valence-electron chi connectivity index (χ1n) is 3.33. The first kappa shape index (κ1) is 10.7. The van der Waals surface area contributed by atoms with Crippen molar-refractivity contribution in [1.29, 1.82) is 0 Å². The quantitative estimate of drug-likeness (QED) is 0.782. The second-order valence-electron chi connectivity index (χ2n) is 2.24. The van der Waals surface area contributed by atoms with Gasteiger partial charge in [-0.15, -0.1) is 11.3 Å². The summed E-state index contributed by atoms with van der Waals surface area (Å²) in [6, 6.07) is 0. The standard InChI is InChI=1S/C7H4F3NO2S/c8-7(9,10)4-3-14-5(11-4)1-2-6(12)13/h1-3H,(H,12,13)/b2-1+. The minimum atomic E-state index is -4.48. The Morgan fingerprint density at radius 3 is 2.64 bits per heavy atom. The number of halogens is 3. The van der Waals surface area contributed by atoms with E-state index in [0.29, 0.717) is 0 Å². The van der Waals surface area contributed by atoms with Crippen molar-refractivity contribution < 1.29 is 23.1 Å². The number of carboxylic acids is 1. The number of alkyl halides is 3. The smallest absolute Gasteiger partial charge is 0.434 e. The van der Waals surface area contributed by atoms with Crippen LogP contribution in [-0.4, -0.2) is 16.1 Å². The van der Waals surface area contributed by atoms with Crippen LogP contribution in [0.15, 0.2) is 11.5 Å². The van der Waals surface area contributed by atoms with Crippen LogP contribution in [0.25, 0.3) is 6.08 Å². The molecule has 0 saturated heterocycles. The number of nitrogens with zero attached hydrogens (tertiary/aromatic N) is 1. The maximum Gasteiger partial charge on any atom is 0.434 e. The highest BCUT2D eigenvalue weighted by atomic mass is 32.1. The lowest BCUT2D eigenvalue weighted by Gasteiger charge is -1.98. The van der Waals surface area contributed by atoms with E-state index in [0.717, 1.165) is 28.9 Å². The minimum absolute atomic E-state index is 0.0136. The Morgan fingerprint density at radius 1 is 1.57 bits per heavy atom. The molecule has 14 heavy (non-hydrogen) atoms. The minimum Gasteiger partial charge on any atom is -0.478 e. The zero-order valence-electron chi connectivity index (χ0n) is 6.58. The lowest BCUT2D eigenvalue weighted by molar-refractivity contribution is -0.140. The average molecular weight is 223 g/mol. The Labute approximate surface area is 80.5 Å². The van der Waals surface area contributed by atoms with E-state index in [1.54, 1.807) is 0 Å². The van der Waals surface area contributed by atoms with Crippen molar-refractivity contribution in [2.45, 2.75) is 6.18 Å². The molecule has 0 spiro atoms. The van der Waals surface area contributed by atoms with Gasteiger partial charge in [0.15, 0.2) is 5.69 Å². The van der Waals surface area contributed by atoms with E-state index in [2.05, 4.69) is 4.98 Å². The number of hydrogen-bond acceptors (Lipinski definition) is 3. The molecule has 0 unspecified atom stereocenters. The lowest BCUT2D eigenvalue weighted by atomic mass is 10.5. The van der Waals surface area contributed by atoms with Crippen LogP contribution >= 0.6 is 11.3 Å². The van der Waals surface area contributed by atoms with E-state index >= 15 is 0 Å². The molecule has 1 heterocycles. The number of thiazole rings is 1. The summed E-state index contributed by atoms with van der Waals surface area (Å²) in [7, 11) is 0. The zero-order valence-corrected chi connectivity index (χ0v) is 7.39. The van der Waals surface area contributed by atoms with Crippen molar-refractivity contribution >= 4 is 23.4 Å². The highest BCUT2D eigenvalue weighted by Gasteiger charge is 2.33. The summed E-state index contributed by atoms with van der Waals surface area (Å²) in [6.07, 6.45) is -2.73. The first-order valence-corrected chi connectivity index (χ1v) is 4.21. The molecule has 1 rings (SSSR count). The molecule has 0 atom stereocenters. The summed E-state index contributed by atoms with van der Waals surface area (Å²) < 4.78 is 36.0. The topological polar surface area (TPSA) is 50.2 Å². The monoisotopic (exact) mass is 223 g/mol. The van der Waals surface area contributed by atoms with Crippen molar-refractivity contribution in [3.63, 3.8) is 0 Å². The van der Waals surface area contributed by atoms with Crippen molar-refractivity contribution in [1.82, 2.24) is 4.98 Å². The van der Waals surface area contributed by atoms with Crippen molar-refractivity contribution in [3.8, 4) is 0 Å². The predicted octanol–water partition coefficient (Wildman–Crippen LogP) is 2.26. The van der Waals surface area contributed by atoms with Crippen LogP contribution in [0.3, 0.4) is 0 Å². The van der Waals surface area contributed by atoms with Crippen molar-refractivity contribution in [2.75, 3.05) is 0 Å². The number of aromatic nitrogens is 1. The highest BCUT2D eigenvalue weighted by Crippen LogP contribution is 2.30. The normalized spacial score (nSPS) is 12.2. The van der Waals surface area contributed by atoms with Gasteiger partial charge in [-0.2, -0.15) is 13.2 Å². The predicted molar refractivity (Wildman–Crippen MR) is 43.8 cm³/mol. The molecular weight excluding hydrogens is 219 g/mol. The first-order chi connectivity index (χ1) is 6.39. The molecule has 0 bridgehead atoms. The third-order valence-electron chi connectivity index (χ3n) is 1.18. The summed E-state index contributed by atoms with van der Waals surface area (Å²) in [5.41, 5.74) is -1.01. The Bertz CT molecular complexity index is 369. The van der Waals surface area contributed by atoms with Gasteiger partial charge in [0.25, 0.3) is 0 Å². The van der Waals surface area contributed by atoms with Crippen LogP contribution in [0.1, 0.15) is 10.7 Å². The van der Waals surface area contributed by atoms with Gasteiger partial charge in [-0.05, 0) is 6.08 Å². The SMILES string of the molecule is O=C(O)/C=C/c1nc(C(F)(F)F)cs1. The van der Waals surface area contributed by atoms with E-state index in [9.17, 15) is 18.0 Å². The molecule has 7 heteroatoms. The number of carboxylic acid groups (broad SMARTS) is 1. The van der Waals surface area contributed by atoms with Gasteiger partial charge in [-0.25, -0.2) is 9.78 Å². The van der Waals surface area contributed by atoms with E-state index in [4.69, 9.17) is 5.11 Å². The molecule has 0 saturated carbocycles. The fourth-order valence-corrected chi connectivity index (χ4v) is 1.35. The van der Waals surface area contributed by atoms with Crippen molar-refractivity contribution in [3.05, 3.63) is 22.2 Å². The molecule has 1 aromatic heterocycles. The molecule has 1 N–H and O–H groups in total. The molecule has 0 aliphatic heterocycles. The molecule has 0 aliphatic carbocycles. The second kappa shape index (κ2) is 3.79. The van der Waals surface area contributed by atoms with Crippen LogP contribution in [0, 0.1) is 0 Å². The Hall–Kier alpha value is -1.37. The maximum atomic E-state index is 12.0. The number of hydrogen-bond donors (Lipinski definition) is 1. The molecule has 0 fully saturated rings. The zero-order chi connectivity index (χ0) is 10.8. The van der Waals surface area contributed by atoms with Gasteiger partial charge in [-0.1, -0.05) is 0 Å². The van der Waals surface area contributed by atoms with Gasteiger partial charge in [0, 0.05) is 11.5 Å². The summed E-state index contributed by atoms with van der Waals surface area (Å²) >= 11 is 0.737. The van der Waals surface area contributed by atoms with E-state index in [1.165, 1.54) is 0 Å². The molecule has 0 radical (unpaired) electrons. The van der Waals surface area contributed by atoms with Gasteiger partial charge in [0.05, 0.1) is 0 Å². The molecule has 0 amide bonds. The number of aliphatic carboxylic acids is 1. The maximum absolute atomic E-state index is 12.0. The van der Waals surface area contributed by atoms with E-state index in [-0.39, 0.29) is 5.01 Å². The van der Waals surface area contributed by atoms with Crippen LogP contribution in [0.4, 0.5) is 13.2 Å². The largest absolute Gasteiger partial charge is 0.478 e. The van der Waals surface area contributed by atoms with E-state index in [1.807, 2.05) is 0 Å². The van der Waals surface area contributed by atoms with Crippen molar-refractivity contribution in [2.24, 2.45) is 0 Å². The molecule has 76 valence electrons. The Balaban J connectivity index is 2.84. The van der Waals surface area contributed by atoms with Crippen LogP contribution in [0.5, 0.6) is 0 Å². The molecular formula is C7H4F3NO2S. The van der Waals surface area contributed by atoms with Crippen LogP contribution < -0.4 is 0 Å². The summed E-state index contributed by atoms with van der Waals surface area (Å²) in [5, 5.41) is 9.06. The number of rotatable bonds is 2. The van der Waals surface area contributed by atoms with Crippen LogP contribution in [-0.2, 0) is 11.0 Å². The molecule has 0 aliphatic rings. The van der Waals surface area contributed by atoms with Gasteiger partial charge in [-0.3, -0.25) is 0 Å². The third-order valence-corrected chi connectivity index (χ3v) is 1.99. The fraction of sp³-hybridized carbons (Fsp3) is 0.143. The summed E-state index contributed by atoms with van der Waals surface area (Å²) in [6.45, 7) is 0. The highest BCUT2D eigenvalue weighted by molar-refractivity contribution is 7.10. The lowest BCUT2D eigenvalue weighted by Crippen LogP contribution is -2.04. The summed E-state index contributed by atoms with van der Waals surface area (Å²) in [5.74, 6) is -1.23. The molecule has 1 aromatic rings. The molecule has 0 aromatic carbocycles. The van der Waals surface area contributed by atoms with Gasteiger partial charge < -0.3 is 5.11 Å². The number of carbonyl (C=O) groups is 1. The molecule has 3 nitrogen and oxygen atoms in total. The fourth-order valence-electron chi connectivity index (χ4n) is 0.637. The second-order valence-corrected chi connectivity index (χ2v) is 3.13. The summed E-state index contributed by atoms with van der Waals surface area (Å²) in [4.78, 5) is 13.2.